The molecule has 0 bridgehead atoms. The Kier molecular flexibility index (Phi) is 4.30. The van der Waals surface area contributed by atoms with E-state index >= 15 is 0 Å². The Hall–Kier alpha value is -1.34. The number of nitrogens with zero attached hydrogens (tertiary/aromatic N) is 2. The Morgan fingerprint density at radius 2 is 1.95 bits per heavy atom. The predicted octanol–water partition coefficient (Wildman–Crippen LogP) is 1.08. The smallest absolute Gasteiger partial charge is 0.289 e. The number of hydrogen-bond acceptors (Lipinski definition) is 4. The van der Waals surface area contributed by atoms with Gasteiger partial charge in [-0.1, -0.05) is 0 Å². The van der Waals surface area contributed by atoms with Gasteiger partial charge in [0.2, 0.25) is 5.91 Å². The minimum Gasteiger partial charge on any atom is -0.444 e. The van der Waals surface area contributed by atoms with Gasteiger partial charge in [0.25, 0.3) is 5.91 Å². The highest BCUT2D eigenvalue weighted by Crippen LogP contribution is 2.19. The standard InChI is InChI=1S/C14H18BrN3O3/c15-12-4-3-11(21-12)14(20)18-7-5-17(6-8-18)9-13(19)16-10-1-2-10/h3-4,10H,1-2,5-9H2,(H,16,19). The van der Waals surface area contributed by atoms with E-state index in [0.29, 0.717) is 49.2 Å². The van der Waals surface area contributed by atoms with Gasteiger partial charge in [0.15, 0.2) is 10.4 Å². The van der Waals surface area contributed by atoms with E-state index in [1.54, 1.807) is 17.0 Å². The lowest BCUT2D eigenvalue weighted by Crippen LogP contribution is -2.51. The average Bonchev–Trinajstić information content (AvgIpc) is 3.17. The molecule has 0 spiro atoms. The zero-order chi connectivity index (χ0) is 14.8. The van der Waals surface area contributed by atoms with Crippen LogP contribution in [0.2, 0.25) is 0 Å². The van der Waals surface area contributed by atoms with Gasteiger partial charge >= 0.3 is 0 Å². The van der Waals surface area contributed by atoms with Crippen molar-refractivity contribution in [2.24, 2.45) is 0 Å². The number of carbonyl (C=O) groups is 2. The summed E-state index contributed by atoms with van der Waals surface area (Å²) in [6.45, 7) is 3.09. The number of piperazine rings is 1. The number of halogens is 1. The molecule has 0 aromatic carbocycles. The maximum Gasteiger partial charge on any atom is 0.289 e. The van der Waals surface area contributed by atoms with E-state index in [1.165, 1.54) is 0 Å². The van der Waals surface area contributed by atoms with E-state index in [1.807, 2.05) is 0 Å². The molecule has 1 N–H and O–H groups in total. The van der Waals surface area contributed by atoms with Crippen LogP contribution in [0.4, 0.5) is 0 Å². The lowest BCUT2D eigenvalue weighted by atomic mass is 10.3. The molecule has 0 atom stereocenters. The molecule has 2 fully saturated rings. The maximum atomic E-state index is 12.2. The third-order valence-corrected chi connectivity index (χ3v) is 4.18. The molecule has 1 aromatic rings. The van der Waals surface area contributed by atoms with Gasteiger partial charge in [0, 0.05) is 32.2 Å². The van der Waals surface area contributed by atoms with E-state index in [4.69, 9.17) is 4.42 Å². The number of hydrogen-bond donors (Lipinski definition) is 1. The van der Waals surface area contributed by atoms with Gasteiger partial charge in [-0.05, 0) is 40.9 Å². The molecule has 1 saturated carbocycles. The Balaban J connectivity index is 1.46. The molecule has 1 aliphatic heterocycles. The Morgan fingerprint density at radius 1 is 1.24 bits per heavy atom. The summed E-state index contributed by atoms with van der Waals surface area (Å²) in [5.74, 6) is 0.344. The normalized spacial score (nSPS) is 19.6. The van der Waals surface area contributed by atoms with Crippen LogP contribution in [-0.2, 0) is 4.79 Å². The van der Waals surface area contributed by atoms with Crippen molar-refractivity contribution < 1.29 is 14.0 Å². The van der Waals surface area contributed by atoms with Gasteiger partial charge in [0.1, 0.15) is 0 Å². The van der Waals surface area contributed by atoms with Crippen molar-refractivity contribution in [2.75, 3.05) is 32.7 Å². The van der Waals surface area contributed by atoms with Gasteiger partial charge < -0.3 is 14.6 Å². The first kappa shape index (κ1) is 14.6. The van der Waals surface area contributed by atoms with Crippen LogP contribution in [0.15, 0.2) is 21.2 Å². The van der Waals surface area contributed by atoms with E-state index in [9.17, 15) is 9.59 Å². The van der Waals surface area contributed by atoms with Crippen LogP contribution < -0.4 is 5.32 Å². The highest BCUT2D eigenvalue weighted by molar-refractivity contribution is 9.10. The summed E-state index contributed by atoms with van der Waals surface area (Å²) in [5.41, 5.74) is 0. The first-order valence-corrected chi connectivity index (χ1v) is 7.97. The highest BCUT2D eigenvalue weighted by Gasteiger charge is 2.27. The number of carbonyl (C=O) groups excluding carboxylic acids is 2. The Labute approximate surface area is 131 Å². The first-order chi connectivity index (χ1) is 10.1. The molecule has 2 heterocycles. The van der Waals surface area contributed by atoms with E-state index < -0.39 is 0 Å². The van der Waals surface area contributed by atoms with Crippen LogP contribution in [-0.4, -0.2) is 60.4 Å². The van der Waals surface area contributed by atoms with Gasteiger partial charge in [-0.25, -0.2) is 0 Å². The maximum absolute atomic E-state index is 12.2. The number of nitrogens with one attached hydrogen (secondary N) is 1. The summed E-state index contributed by atoms with van der Waals surface area (Å²) in [7, 11) is 0. The third-order valence-electron chi connectivity index (χ3n) is 3.75. The molecule has 1 aromatic heterocycles. The summed E-state index contributed by atoms with van der Waals surface area (Å²) in [4.78, 5) is 27.8. The molecule has 1 saturated heterocycles. The van der Waals surface area contributed by atoms with Crippen molar-refractivity contribution in [3.63, 3.8) is 0 Å². The number of rotatable bonds is 4. The predicted molar refractivity (Wildman–Crippen MR) is 79.9 cm³/mol. The second kappa shape index (κ2) is 6.19. The average molecular weight is 356 g/mol. The van der Waals surface area contributed by atoms with Crippen LogP contribution >= 0.6 is 15.9 Å². The number of amides is 2. The molecule has 1 aliphatic carbocycles. The lowest BCUT2D eigenvalue weighted by Gasteiger charge is -2.33. The largest absolute Gasteiger partial charge is 0.444 e. The van der Waals surface area contributed by atoms with Gasteiger partial charge in [-0.15, -0.1) is 0 Å². The van der Waals surface area contributed by atoms with Crippen LogP contribution in [0, 0.1) is 0 Å². The summed E-state index contributed by atoms with van der Waals surface area (Å²) in [6, 6.07) is 3.78. The van der Waals surface area contributed by atoms with Crippen molar-refractivity contribution in [1.29, 1.82) is 0 Å². The fourth-order valence-electron chi connectivity index (χ4n) is 2.40. The quantitative estimate of drug-likeness (QED) is 0.877. The molecule has 2 amide bonds. The Bertz CT molecular complexity index is 533. The second-order valence-corrected chi connectivity index (χ2v) is 6.30. The Morgan fingerprint density at radius 3 is 2.52 bits per heavy atom. The monoisotopic (exact) mass is 355 g/mol. The van der Waals surface area contributed by atoms with Crippen molar-refractivity contribution in [2.45, 2.75) is 18.9 Å². The fraction of sp³-hybridized carbons (Fsp3) is 0.571. The van der Waals surface area contributed by atoms with Crippen LogP contribution in [0.25, 0.3) is 0 Å². The SMILES string of the molecule is O=C(CN1CCN(C(=O)c2ccc(Br)o2)CC1)NC1CC1. The zero-order valence-electron chi connectivity index (χ0n) is 11.7. The topological polar surface area (TPSA) is 65.8 Å². The molecule has 3 rings (SSSR count). The van der Waals surface area contributed by atoms with Gasteiger partial charge in [-0.2, -0.15) is 0 Å². The molecule has 0 radical (unpaired) electrons. The molecular formula is C14H18BrN3O3. The molecule has 7 heteroatoms. The van der Waals surface area contributed by atoms with Crippen LogP contribution in [0.5, 0.6) is 0 Å². The first-order valence-electron chi connectivity index (χ1n) is 7.18. The lowest BCUT2D eigenvalue weighted by molar-refractivity contribution is -0.122. The molecule has 114 valence electrons. The minimum absolute atomic E-state index is 0.0900. The minimum atomic E-state index is -0.0946. The van der Waals surface area contributed by atoms with Crippen molar-refractivity contribution in [3.8, 4) is 0 Å². The summed E-state index contributed by atoms with van der Waals surface area (Å²) < 4.78 is 5.85. The molecule has 21 heavy (non-hydrogen) atoms. The van der Waals surface area contributed by atoms with E-state index in [0.717, 1.165) is 12.8 Å². The van der Waals surface area contributed by atoms with E-state index in [2.05, 4.69) is 26.1 Å². The molecule has 2 aliphatic rings. The van der Waals surface area contributed by atoms with Crippen molar-refractivity contribution in [1.82, 2.24) is 15.1 Å². The van der Waals surface area contributed by atoms with Crippen molar-refractivity contribution in [3.05, 3.63) is 22.6 Å². The van der Waals surface area contributed by atoms with Crippen molar-refractivity contribution >= 4 is 27.7 Å². The second-order valence-electron chi connectivity index (χ2n) is 5.51. The van der Waals surface area contributed by atoms with Crippen LogP contribution in [0.3, 0.4) is 0 Å². The molecule has 0 unspecified atom stereocenters. The highest BCUT2D eigenvalue weighted by atomic mass is 79.9. The molecular weight excluding hydrogens is 338 g/mol. The third kappa shape index (κ3) is 3.85. The van der Waals surface area contributed by atoms with Crippen LogP contribution in [0.1, 0.15) is 23.4 Å². The zero-order valence-corrected chi connectivity index (χ0v) is 13.3. The van der Waals surface area contributed by atoms with Gasteiger partial charge in [0.05, 0.1) is 6.54 Å². The summed E-state index contributed by atoms with van der Waals surface area (Å²) in [6.07, 6.45) is 2.21. The van der Waals surface area contributed by atoms with Gasteiger partial charge in [-0.3, -0.25) is 14.5 Å². The van der Waals surface area contributed by atoms with E-state index in [-0.39, 0.29) is 11.8 Å². The number of furan rings is 1. The summed E-state index contributed by atoms with van der Waals surface area (Å²) in [5, 5.41) is 2.98. The fourth-order valence-corrected chi connectivity index (χ4v) is 2.70. The molecule has 6 nitrogen and oxygen atoms in total. The summed E-state index contributed by atoms with van der Waals surface area (Å²) >= 11 is 3.20.